The average Bonchev–Trinajstić information content (AvgIpc) is 2.67. The molecule has 1 N–H and O–H groups in total. The van der Waals surface area contributed by atoms with Crippen LogP contribution in [0.4, 0.5) is 0 Å². The summed E-state index contributed by atoms with van der Waals surface area (Å²) in [6, 6.07) is 15.0. The zero-order chi connectivity index (χ0) is 18.1. The van der Waals surface area contributed by atoms with Gasteiger partial charge in [0.25, 0.3) is 0 Å². The number of carbonyl (C=O) groups excluding carboxylic acids is 1. The SMILES string of the molecule is O=C(O)c1ccc2cc3ccccc3cc2c1OC(=O)C1CC=CCC1. The normalized spacial score (nSPS) is 16.7. The zero-order valence-corrected chi connectivity index (χ0v) is 14.1. The minimum absolute atomic E-state index is 0.00693. The molecule has 1 unspecified atom stereocenters. The van der Waals surface area contributed by atoms with Crippen molar-refractivity contribution in [2.24, 2.45) is 5.92 Å². The van der Waals surface area contributed by atoms with E-state index in [-0.39, 0.29) is 23.2 Å². The van der Waals surface area contributed by atoms with Gasteiger partial charge >= 0.3 is 11.9 Å². The first-order chi connectivity index (χ1) is 12.6. The number of allylic oxidation sites excluding steroid dienone is 2. The lowest BCUT2D eigenvalue weighted by Crippen LogP contribution is -2.22. The number of carbonyl (C=O) groups is 2. The number of hydrogen-bond acceptors (Lipinski definition) is 3. The van der Waals surface area contributed by atoms with Crippen LogP contribution in [0.3, 0.4) is 0 Å². The largest absolute Gasteiger partial charge is 0.478 e. The minimum atomic E-state index is -1.11. The molecule has 0 aliphatic heterocycles. The van der Waals surface area contributed by atoms with E-state index in [0.29, 0.717) is 11.8 Å². The molecule has 4 nitrogen and oxygen atoms in total. The van der Waals surface area contributed by atoms with Gasteiger partial charge in [-0.05, 0) is 53.6 Å². The Labute approximate surface area is 150 Å². The lowest BCUT2D eigenvalue weighted by Gasteiger charge is -2.18. The maximum atomic E-state index is 12.6. The Hall–Kier alpha value is -3.14. The quantitative estimate of drug-likeness (QED) is 0.315. The van der Waals surface area contributed by atoms with Gasteiger partial charge in [-0.15, -0.1) is 0 Å². The van der Waals surface area contributed by atoms with Crippen LogP contribution in [0.15, 0.2) is 60.7 Å². The second-order valence-corrected chi connectivity index (χ2v) is 6.57. The van der Waals surface area contributed by atoms with E-state index in [4.69, 9.17) is 4.74 Å². The molecule has 3 aromatic rings. The predicted molar refractivity (Wildman–Crippen MR) is 101 cm³/mol. The van der Waals surface area contributed by atoms with Crippen molar-refractivity contribution in [2.75, 3.05) is 0 Å². The first-order valence-corrected chi connectivity index (χ1v) is 8.69. The van der Waals surface area contributed by atoms with Gasteiger partial charge in [-0.3, -0.25) is 4.79 Å². The summed E-state index contributed by atoms with van der Waals surface area (Å²) in [5.74, 6) is -1.55. The molecule has 4 rings (SSSR count). The molecule has 0 saturated carbocycles. The van der Waals surface area contributed by atoms with Crippen LogP contribution in [0.25, 0.3) is 21.5 Å². The summed E-state index contributed by atoms with van der Waals surface area (Å²) in [5, 5.41) is 13.1. The summed E-state index contributed by atoms with van der Waals surface area (Å²) in [4.78, 5) is 24.3. The molecule has 3 aromatic carbocycles. The maximum Gasteiger partial charge on any atom is 0.339 e. The zero-order valence-electron chi connectivity index (χ0n) is 14.1. The summed E-state index contributed by atoms with van der Waals surface area (Å²) in [5.41, 5.74) is 0.00693. The Balaban J connectivity index is 1.85. The van der Waals surface area contributed by atoms with E-state index in [2.05, 4.69) is 6.08 Å². The molecule has 1 aliphatic carbocycles. The second kappa shape index (κ2) is 6.64. The molecule has 1 aliphatic rings. The molecule has 0 heterocycles. The van der Waals surface area contributed by atoms with Crippen LogP contribution in [-0.4, -0.2) is 17.0 Å². The van der Waals surface area contributed by atoms with Crippen LogP contribution in [0.1, 0.15) is 29.6 Å². The molecular weight excluding hydrogens is 328 g/mol. The lowest BCUT2D eigenvalue weighted by atomic mass is 9.94. The molecule has 0 saturated heterocycles. The Bertz CT molecular complexity index is 1050. The summed E-state index contributed by atoms with van der Waals surface area (Å²) in [6.07, 6.45) is 6.23. The fraction of sp³-hybridized carbons (Fsp3) is 0.182. The number of aromatic carboxylic acids is 1. The average molecular weight is 346 g/mol. The van der Waals surface area contributed by atoms with Crippen molar-refractivity contribution in [2.45, 2.75) is 19.3 Å². The molecule has 0 fully saturated rings. The Morgan fingerprint density at radius 3 is 2.42 bits per heavy atom. The van der Waals surface area contributed by atoms with Gasteiger partial charge in [-0.2, -0.15) is 0 Å². The highest BCUT2D eigenvalue weighted by Crippen LogP contribution is 2.34. The number of benzene rings is 3. The minimum Gasteiger partial charge on any atom is -0.478 e. The summed E-state index contributed by atoms with van der Waals surface area (Å²) in [7, 11) is 0. The predicted octanol–water partition coefficient (Wildman–Crippen LogP) is 4.95. The number of carboxylic acid groups (broad SMARTS) is 1. The van der Waals surface area contributed by atoms with E-state index in [1.165, 1.54) is 6.07 Å². The van der Waals surface area contributed by atoms with Crippen LogP contribution in [-0.2, 0) is 4.79 Å². The van der Waals surface area contributed by atoms with Crippen molar-refractivity contribution >= 4 is 33.5 Å². The molecule has 26 heavy (non-hydrogen) atoms. The van der Waals surface area contributed by atoms with E-state index < -0.39 is 5.97 Å². The van der Waals surface area contributed by atoms with Gasteiger partial charge in [0.1, 0.15) is 5.56 Å². The standard InChI is InChI=1S/C22H18O4/c23-21(24)18-11-10-17-12-15-8-4-5-9-16(15)13-19(17)20(18)26-22(25)14-6-2-1-3-7-14/h1-2,4-5,8-14H,3,6-7H2,(H,23,24). The summed E-state index contributed by atoms with van der Waals surface area (Å²) >= 11 is 0. The summed E-state index contributed by atoms with van der Waals surface area (Å²) < 4.78 is 5.65. The van der Waals surface area contributed by atoms with Gasteiger partial charge < -0.3 is 9.84 Å². The number of esters is 1. The third kappa shape index (κ3) is 2.94. The van der Waals surface area contributed by atoms with Crippen LogP contribution in [0.2, 0.25) is 0 Å². The highest BCUT2D eigenvalue weighted by atomic mass is 16.5. The van der Waals surface area contributed by atoms with Gasteiger partial charge in [0.2, 0.25) is 0 Å². The van der Waals surface area contributed by atoms with E-state index >= 15 is 0 Å². The van der Waals surface area contributed by atoms with Crippen molar-refractivity contribution in [1.82, 2.24) is 0 Å². The Kier molecular flexibility index (Phi) is 4.17. The lowest BCUT2D eigenvalue weighted by molar-refractivity contribution is -0.139. The van der Waals surface area contributed by atoms with Crippen molar-refractivity contribution in [3.8, 4) is 5.75 Å². The molecule has 1 atom stereocenters. The van der Waals surface area contributed by atoms with E-state index in [9.17, 15) is 14.7 Å². The Morgan fingerprint density at radius 1 is 0.962 bits per heavy atom. The Morgan fingerprint density at radius 2 is 1.73 bits per heavy atom. The number of ether oxygens (including phenoxy) is 1. The van der Waals surface area contributed by atoms with Crippen LogP contribution >= 0.6 is 0 Å². The second-order valence-electron chi connectivity index (χ2n) is 6.57. The summed E-state index contributed by atoms with van der Waals surface area (Å²) in [6.45, 7) is 0. The third-order valence-corrected chi connectivity index (χ3v) is 4.87. The number of fused-ring (bicyclic) bond motifs is 2. The maximum absolute atomic E-state index is 12.6. The molecule has 4 heteroatoms. The molecule has 0 bridgehead atoms. The monoisotopic (exact) mass is 346 g/mol. The van der Waals surface area contributed by atoms with E-state index in [1.54, 1.807) is 6.07 Å². The van der Waals surface area contributed by atoms with E-state index in [0.717, 1.165) is 29.0 Å². The van der Waals surface area contributed by atoms with Crippen molar-refractivity contribution in [3.63, 3.8) is 0 Å². The van der Waals surface area contributed by atoms with Crippen molar-refractivity contribution < 1.29 is 19.4 Å². The van der Waals surface area contributed by atoms with Gasteiger partial charge in [0.05, 0.1) is 5.92 Å². The van der Waals surface area contributed by atoms with Gasteiger partial charge in [0, 0.05) is 5.39 Å². The first kappa shape index (κ1) is 16.3. The molecule has 130 valence electrons. The first-order valence-electron chi connectivity index (χ1n) is 8.69. The number of carboxylic acids is 1. The highest BCUT2D eigenvalue weighted by Gasteiger charge is 2.24. The fourth-order valence-electron chi connectivity index (χ4n) is 3.46. The van der Waals surface area contributed by atoms with Crippen molar-refractivity contribution in [1.29, 1.82) is 0 Å². The molecule has 0 aromatic heterocycles. The smallest absolute Gasteiger partial charge is 0.339 e. The number of hydrogen-bond donors (Lipinski definition) is 1. The molecule has 0 radical (unpaired) electrons. The molecule has 0 amide bonds. The van der Waals surface area contributed by atoms with Gasteiger partial charge in [-0.25, -0.2) is 4.79 Å². The van der Waals surface area contributed by atoms with E-state index in [1.807, 2.05) is 42.5 Å². The van der Waals surface area contributed by atoms with Gasteiger partial charge in [-0.1, -0.05) is 42.5 Å². The van der Waals surface area contributed by atoms with Crippen molar-refractivity contribution in [3.05, 3.63) is 66.2 Å². The topological polar surface area (TPSA) is 63.6 Å². The number of rotatable bonds is 3. The van der Waals surface area contributed by atoms with Crippen LogP contribution < -0.4 is 4.74 Å². The van der Waals surface area contributed by atoms with Crippen LogP contribution in [0.5, 0.6) is 5.75 Å². The highest BCUT2D eigenvalue weighted by molar-refractivity contribution is 6.06. The van der Waals surface area contributed by atoms with Crippen LogP contribution in [0, 0.1) is 5.92 Å². The third-order valence-electron chi connectivity index (χ3n) is 4.87. The fourth-order valence-corrected chi connectivity index (χ4v) is 3.46. The molecule has 0 spiro atoms. The van der Waals surface area contributed by atoms with Gasteiger partial charge in [0.15, 0.2) is 5.75 Å². The molecular formula is C22H18O4.